The van der Waals surface area contributed by atoms with Crippen LogP contribution in [0, 0.1) is 0 Å². The molecule has 31 heavy (non-hydrogen) atoms. The molecule has 0 aromatic heterocycles. The maximum atomic E-state index is 12.4. The zero-order valence-electron chi connectivity index (χ0n) is 19.8. The van der Waals surface area contributed by atoms with E-state index in [4.69, 9.17) is 4.74 Å². The molecule has 0 bridgehead atoms. The molecule has 0 N–H and O–H groups in total. The van der Waals surface area contributed by atoms with Gasteiger partial charge in [-0.2, -0.15) is 0 Å². The molecule has 0 spiro atoms. The van der Waals surface area contributed by atoms with Crippen molar-refractivity contribution >= 4 is 5.97 Å². The van der Waals surface area contributed by atoms with Crippen molar-refractivity contribution < 1.29 is 9.53 Å². The van der Waals surface area contributed by atoms with Crippen LogP contribution in [-0.4, -0.2) is 5.97 Å². The summed E-state index contributed by atoms with van der Waals surface area (Å²) in [5.41, 5.74) is 3.23. The minimum atomic E-state index is -0.283. The molecule has 0 heterocycles. The van der Waals surface area contributed by atoms with Crippen molar-refractivity contribution in [3.63, 3.8) is 0 Å². The molecule has 0 amide bonds. The number of hydrogen-bond donors (Lipinski definition) is 0. The van der Waals surface area contributed by atoms with Gasteiger partial charge in [-0.1, -0.05) is 102 Å². The van der Waals surface area contributed by atoms with Crippen molar-refractivity contribution in [1.29, 1.82) is 0 Å². The lowest BCUT2D eigenvalue weighted by Gasteiger charge is -2.07. The third-order valence-corrected chi connectivity index (χ3v) is 5.96. The van der Waals surface area contributed by atoms with Gasteiger partial charge in [0.15, 0.2) is 0 Å². The molecule has 2 aromatic carbocycles. The van der Waals surface area contributed by atoms with Crippen LogP contribution >= 0.6 is 0 Å². The Morgan fingerprint density at radius 2 is 1.00 bits per heavy atom. The van der Waals surface area contributed by atoms with E-state index in [-0.39, 0.29) is 5.97 Å². The average molecular weight is 423 g/mol. The van der Waals surface area contributed by atoms with Gasteiger partial charge in [-0.25, -0.2) is 4.79 Å². The zero-order valence-corrected chi connectivity index (χ0v) is 19.8. The highest BCUT2D eigenvalue weighted by Crippen LogP contribution is 2.17. The molecule has 0 aliphatic carbocycles. The number of aryl methyl sites for hydroxylation is 2. The lowest BCUT2D eigenvalue weighted by molar-refractivity contribution is 0.0734. The van der Waals surface area contributed by atoms with Gasteiger partial charge in [0.1, 0.15) is 5.75 Å². The van der Waals surface area contributed by atoms with Crippen LogP contribution in [0.3, 0.4) is 0 Å². The molecule has 2 rings (SSSR count). The first-order chi connectivity index (χ1) is 15.2. The van der Waals surface area contributed by atoms with Gasteiger partial charge in [0, 0.05) is 0 Å². The van der Waals surface area contributed by atoms with Crippen LogP contribution in [0.2, 0.25) is 0 Å². The largest absolute Gasteiger partial charge is 0.423 e. The Hall–Kier alpha value is -2.09. The summed E-state index contributed by atoms with van der Waals surface area (Å²) in [5, 5.41) is 0. The summed E-state index contributed by atoms with van der Waals surface area (Å²) < 4.78 is 5.56. The monoisotopic (exact) mass is 422 g/mol. The molecule has 0 fully saturated rings. The molecular formula is C29H42O2. The topological polar surface area (TPSA) is 26.3 Å². The lowest BCUT2D eigenvalue weighted by Crippen LogP contribution is -2.08. The summed E-state index contributed by atoms with van der Waals surface area (Å²) in [5.74, 6) is 0.336. The van der Waals surface area contributed by atoms with Crippen molar-refractivity contribution in [3.05, 3.63) is 65.2 Å². The molecule has 2 nitrogen and oxygen atoms in total. The SMILES string of the molecule is CCCCCCCCc1ccc(OC(=O)c2ccc(CCCCCCCC)cc2)cc1. The number of carbonyl (C=O) groups is 1. The standard InChI is InChI=1S/C29H42O2/c1-3-5-7-9-11-13-15-25-17-21-27(22-18-25)29(30)31-28-23-19-26(20-24-28)16-14-12-10-8-6-4-2/h17-24H,3-16H2,1-2H3. The number of esters is 1. The fourth-order valence-corrected chi connectivity index (χ4v) is 3.92. The molecular weight excluding hydrogens is 380 g/mol. The quantitative estimate of drug-likeness (QED) is 0.154. The molecule has 0 aliphatic rings. The van der Waals surface area contributed by atoms with E-state index < -0.39 is 0 Å². The van der Waals surface area contributed by atoms with Crippen molar-refractivity contribution in [2.24, 2.45) is 0 Å². The smallest absolute Gasteiger partial charge is 0.343 e. The summed E-state index contributed by atoms with van der Waals surface area (Å²) in [6.45, 7) is 4.50. The van der Waals surface area contributed by atoms with Gasteiger partial charge in [0.25, 0.3) is 0 Å². The number of hydrogen-bond acceptors (Lipinski definition) is 2. The van der Waals surface area contributed by atoms with E-state index in [1.165, 1.54) is 88.2 Å². The highest BCUT2D eigenvalue weighted by atomic mass is 16.5. The minimum absolute atomic E-state index is 0.283. The van der Waals surface area contributed by atoms with E-state index >= 15 is 0 Å². The van der Waals surface area contributed by atoms with Gasteiger partial charge in [-0.05, 0) is 61.1 Å². The molecule has 0 saturated heterocycles. The first-order valence-corrected chi connectivity index (χ1v) is 12.6. The first-order valence-electron chi connectivity index (χ1n) is 12.6. The van der Waals surface area contributed by atoms with Crippen LogP contribution < -0.4 is 4.74 Å². The summed E-state index contributed by atoms with van der Waals surface area (Å²) in [7, 11) is 0. The Labute approximate surface area is 190 Å². The van der Waals surface area contributed by atoms with E-state index in [2.05, 4.69) is 38.1 Å². The Morgan fingerprint density at radius 1 is 0.581 bits per heavy atom. The van der Waals surface area contributed by atoms with Gasteiger partial charge in [0.2, 0.25) is 0 Å². The Balaban J connectivity index is 1.69. The van der Waals surface area contributed by atoms with Gasteiger partial charge in [-0.3, -0.25) is 0 Å². The van der Waals surface area contributed by atoms with E-state index in [9.17, 15) is 4.79 Å². The van der Waals surface area contributed by atoms with Crippen LogP contribution in [0.5, 0.6) is 5.75 Å². The van der Waals surface area contributed by atoms with Crippen LogP contribution in [0.4, 0.5) is 0 Å². The molecule has 2 heteroatoms. The fraction of sp³-hybridized carbons (Fsp3) is 0.552. The van der Waals surface area contributed by atoms with Crippen LogP contribution in [0.25, 0.3) is 0 Å². The number of unbranched alkanes of at least 4 members (excludes halogenated alkanes) is 10. The van der Waals surface area contributed by atoms with E-state index in [1.807, 2.05) is 24.3 Å². The lowest BCUT2D eigenvalue weighted by atomic mass is 10.0. The van der Waals surface area contributed by atoms with E-state index in [0.29, 0.717) is 11.3 Å². The van der Waals surface area contributed by atoms with Crippen molar-refractivity contribution in [2.75, 3.05) is 0 Å². The maximum absolute atomic E-state index is 12.4. The van der Waals surface area contributed by atoms with E-state index in [1.54, 1.807) is 0 Å². The Bertz CT molecular complexity index is 715. The van der Waals surface area contributed by atoms with E-state index in [0.717, 1.165) is 12.8 Å². The Morgan fingerprint density at radius 3 is 1.48 bits per heavy atom. The van der Waals surface area contributed by atoms with Crippen LogP contribution in [0.1, 0.15) is 112 Å². The van der Waals surface area contributed by atoms with Gasteiger partial charge >= 0.3 is 5.97 Å². The predicted molar refractivity (Wildman–Crippen MR) is 132 cm³/mol. The Kier molecular flexibility index (Phi) is 12.7. The van der Waals surface area contributed by atoms with Gasteiger partial charge in [-0.15, -0.1) is 0 Å². The normalized spacial score (nSPS) is 10.9. The van der Waals surface area contributed by atoms with Crippen molar-refractivity contribution in [3.8, 4) is 5.75 Å². The second-order valence-electron chi connectivity index (χ2n) is 8.77. The van der Waals surface area contributed by atoms with Crippen LogP contribution in [-0.2, 0) is 12.8 Å². The fourth-order valence-electron chi connectivity index (χ4n) is 3.92. The summed E-state index contributed by atoms with van der Waals surface area (Å²) in [4.78, 5) is 12.4. The minimum Gasteiger partial charge on any atom is -0.423 e. The molecule has 0 unspecified atom stereocenters. The molecule has 170 valence electrons. The van der Waals surface area contributed by atoms with Gasteiger partial charge in [0.05, 0.1) is 5.56 Å². The summed E-state index contributed by atoms with van der Waals surface area (Å²) >= 11 is 0. The summed E-state index contributed by atoms with van der Waals surface area (Å²) in [6.07, 6.45) is 17.9. The third-order valence-electron chi connectivity index (χ3n) is 5.96. The average Bonchev–Trinajstić information content (AvgIpc) is 2.80. The second kappa shape index (κ2) is 15.7. The molecule has 0 saturated carbocycles. The first kappa shape index (κ1) is 25.2. The highest BCUT2D eigenvalue weighted by molar-refractivity contribution is 5.91. The molecule has 2 aromatic rings. The predicted octanol–water partition coefficient (Wildman–Crippen LogP) is 8.71. The number of ether oxygens (including phenoxy) is 1. The number of rotatable bonds is 16. The summed E-state index contributed by atoms with van der Waals surface area (Å²) in [6, 6.07) is 15.9. The number of benzene rings is 2. The maximum Gasteiger partial charge on any atom is 0.343 e. The van der Waals surface area contributed by atoms with Crippen molar-refractivity contribution in [1.82, 2.24) is 0 Å². The molecule has 0 aliphatic heterocycles. The number of carbonyl (C=O) groups excluding carboxylic acids is 1. The zero-order chi connectivity index (χ0) is 22.2. The molecule has 0 atom stereocenters. The van der Waals surface area contributed by atoms with Crippen molar-refractivity contribution in [2.45, 2.75) is 104 Å². The second-order valence-corrected chi connectivity index (χ2v) is 8.77. The third kappa shape index (κ3) is 10.7. The molecule has 0 radical (unpaired) electrons. The van der Waals surface area contributed by atoms with Crippen LogP contribution in [0.15, 0.2) is 48.5 Å². The van der Waals surface area contributed by atoms with Gasteiger partial charge < -0.3 is 4.74 Å². The highest BCUT2D eigenvalue weighted by Gasteiger charge is 2.08.